The molecule has 1 atom stereocenters. The third-order valence-electron chi connectivity index (χ3n) is 3.06. The molecule has 4 heteroatoms. The van der Waals surface area contributed by atoms with Gasteiger partial charge in [0.05, 0.1) is 12.5 Å². The average molecular weight is 254 g/mol. The van der Waals surface area contributed by atoms with Gasteiger partial charge in [-0.15, -0.1) is 0 Å². The first-order valence-electron chi connectivity index (χ1n) is 5.84. The van der Waals surface area contributed by atoms with Crippen LogP contribution in [0.5, 0.6) is 0 Å². The lowest BCUT2D eigenvalue weighted by molar-refractivity contribution is -0.145. The molecular formula is C13H16ClNO2. The number of nitrogens with one attached hydrogen (secondary N) is 1. The van der Waals surface area contributed by atoms with Gasteiger partial charge in [-0.3, -0.25) is 4.79 Å². The van der Waals surface area contributed by atoms with Gasteiger partial charge in [0.15, 0.2) is 0 Å². The van der Waals surface area contributed by atoms with E-state index in [1.54, 1.807) is 0 Å². The molecule has 0 radical (unpaired) electrons. The molecule has 1 heterocycles. The van der Waals surface area contributed by atoms with Crippen molar-refractivity contribution in [3.63, 3.8) is 0 Å². The lowest BCUT2D eigenvalue weighted by Crippen LogP contribution is -2.25. The number of hydrogen-bond acceptors (Lipinski definition) is 3. The van der Waals surface area contributed by atoms with Gasteiger partial charge in [-0.25, -0.2) is 0 Å². The number of carbonyl (C=O) groups is 1. The van der Waals surface area contributed by atoms with Crippen LogP contribution in [0.2, 0.25) is 5.02 Å². The first-order valence-corrected chi connectivity index (χ1v) is 6.22. The standard InChI is InChI=1S/C13H16ClNO2/c1-3-17-13(16)9-6-7-15-12-8(2)4-5-10(14)11(9)12/h4-5,9,15H,3,6-7H2,1-2H3. The largest absolute Gasteiger partial charge is 0.466 e. The third kappa shape index (κ3) is 2.25. The maximum Gasteiger partial charge on any atom is 0.313 e. The SMILES string of the molecule is CCOC(=O)C1CCNc2c(C)ccc(Cl)c21. The minimum atomic E-state index is -0.237. The smallest absolute Gasteiger partial charge is 0.313 e. The molecular weight excluding hydrogens is 238 g/mol. The minimum absolute atomic E-state index is 0.178. The van der Waals surface area contributed by atoms with Gasteiger partial charge in [0.2, 0.25) is 0 Å². The Morgan fingerprint density at radius 2 is 2.35 bits per heavy atom. The van der Waals surface area contributed by atoms with Crippen LogP contribution in [0.4, 0.5) is 5.69 Å². The Hall–Kier alpha value is -1.22. The van der Waals surface area contributed by atoms with Gasteiger partial charge in [0, 0.05) is 22.8 Å². The molecule has 1 aliphatic rings. The minimum Gasteiger partial charge on any atom is -0.466 e. The summed E-state index contributed by atoms with van der Waals surface area (Å²) in [5, 5.41) is 3.94. The van der Waals surface area contributed by atoms with Crippen molar-refractivity contribution in [3.05, 3.63) is 28.3 Å². The van der Waals surface area contributed by atoms with E-state index < -0.39 is 0 Å². The van der Waals surface area contributed by atoms with E-state index in [4.69, 9.17) is 16.3 Å². The number of aryl methyl sites for hydroxylation is 1. The Balaban J connectivity index is 2.43. The highest BCUT2D eigenvalue weighted by molar-refractivity contribution is 6.32. The predicted molar refractivity (Wildman–Crippen MR) is 68.7 cm³/mol. The Morgan fingerprint density at radius 3 is 3.06 bits per heavy atom. The van der Waals surface area contributed by atoms with Gasteiger partial charge in [0.25, 0.3) is 0 Å². The van der Waals surface area contributed by atoms with Crippen molar-refractivity contribution in [1.29, 1.82) is 0 Å². The van der Waals surface area contributed by atoms with Crippen molar-refractivity contribution >= 4 is 23.3 Å². The Bertz CT molecular complexity index is 445. The van der Waals surface area contributed by atoms with Crippen LogP contribution in [-0.4, -0.2) is 19.1 Å². The summed E-state index contributed by atoms with van der Waals surface area (Å²) in [4.78, 5) is 11.9. The number of carbonyl (C=O) groups excluding carboxylic acids is 1. The highest BCUT2D eigenvalue weighted by Crippen LogP contribution is 2.39. The number of anilines is 1. The van der Waals surface area contributed by atoms with Gasteiger partial charge in [0.1, 0.15) is 0 Å². The van der Waals surface area contributed by atoms with Crippen LogP contribution in [-0.2, 0) is 9.53 Å². The van der Waals surface area contributed by atoms with E-state index in [0.29, 0.717) is 11.6 Å². The van der Waals surface area contributed by atoms with Crippen LogP contribution in [0.15, 0.2) is 12.1 Å². The third-order valence-corrected chi connectivity index (χ3v) is 3.38. The summed E-state index contributed by atoms with van der Waals surface area (Å²) in [6, 6.07) is 3.80. The fourth-order valence-electron chi connectivity index (χ4n) is 2.24. The highest BCUT2D eigenvalue weighted by atomic mass is 35.5. The molecule has 1 N–H and O–H groups in total. The van der Waals surface area contributed by atoms with Gasteiger partial charge in [-0.1, -0.05) is 17.7 Å². The molecule has 0 saturated heterocycles. The van der Waals surface area contributed by atoms with Crippen LogP contribution in [0.25, 0.3) is 0 Å². The monoisotopic (exact) mass is 253 g/mol. The molecule has 0 bridgehead atoms. The molecule has 1 aromatic carbocycles. The molecule has 0 saturated carbocycles. The normalized spacial score (nSPS) is 18.2. The fraction of sp³-hybridized carbons (Fsp3) is 0.462. The van der Waals surface area contributed by atoms with E-state index in [2.05, 4.69) is 5.32 Å². The summed E-state index contributed by atoms with van der Waals surface area (Å²) in [5.41, 5.74) is 2.98. The van der Waals surface area contributed by atoms with E-state index in [1.165, 1.54) is 0 Å². The molecule has 0 amide bonds. The van der Waals surface area contributed by atoms with Gasteiger partial charge < -0.3 is 10.1 Å². The van der Waals surface area contributed by atoms with Crippen LogP contribution in [0, 0.1) is 6.92 Å². The highest BCUT2D eigenvalue weighted by Gasteiger charge is 2.30. The Labute approximate surface area is 106 Å². The molecule has 0 spiro atoms. The molecule has 2 rings (SSSR count). The van der Waals surface area contributed by atoms with Crippen molar-refractivity contribution in [1.82, 2.24) is 0 Å². The zero-order valence-corrected chi connectivity index (χ0v) is 10.8. The number of benzene rings is 1. The maximum atomic E-state index is 11.9. The maximum absolute atomic E-state index is 11.9. The molecule has 1 aromatic rings. The molecule has 0 aromatic heterocycles. The predicted octanol–water partition coefficient (Wildman–Crippen LogP) is 3.11. The molecule has 1 aliphatic heterocycles. The number of fused-ring (bicyclic) bond motifs is 1. The summed E-state index contributed by atoms with van der Waals surface area (Å²) >= 11 is 6.21. The molecule has 1 unspecified atom stereocenters. The van der Waals surface area contributed by atoms with E-state index in [1.807, 2.05) is 26.0 Å². The van der Waals surface area contributed by atoms with Crippen LogP contribution < -0.4 is 5.32 Å². The second-order valence-electron chi connectivity index (χ2n) is 4.17. The summed E-state index contributed by atoms with van der Waals surface area (Å²) in [6.07, 6.45) is 0.731. The zero-order valence-electron chi connectivity index (χ0n) is 10.0. The van der Waals surface area contributed by atoms with Crippen molar-refractivity contribution in [2.24, 2.45) is 0 Å². The average Bonchev–Trinajstić information content (AvgIpc) is 2.34. The lowest BCUT2D eigenvalue weighted by Gasteiger charge is -2.27. The van der Waals surface area contributed by atoms with Crippen LogP contribution in [0.1, 0.15) is 30.4 Å². The summed E-state index contributed by atoms with van der Waals surface area (Å²) < 4.78 is 5.11. The second kappa shape index (κ2) is 4.96. The molecule has 0 aliphatic carbocycles. The van der Waals surface area contributed by atoms with E-state index in [9.17, 15) is 4.79 Å². The first-order chi connectivity index (χ1) is 8.15. The summed E-state index contributed by atoms with van der Waals surface area (Å²) in [7, 11) is 0. The van der Waals surface area contributed by atoms with Crippen molar-refractivity contribution < 1.29 is 9.53 Å². The van der Waals surface area contributed by atoms with Crippen molar-refractivity contribution in [3.8, 4) is 0 Å². The number of halogens is 1. The van der Waals surface area contributed by atoms with Gasteiger partial charge >= 0.3 is 5.97 Å². The Kier molecular flexibility index (Phi) is 3.57. The topological polar surface area (TPSA) is 38.3 Å². The van der Waals surface area contributed by atoms with Crippen LogP contribution >= 0.6 is 11.6 Å². The Morgan fingerprint density at radius 1 is 1.59 bits per heavy atom. The number of rotatable bonds is 2. The van der Waals surface area contributed by atoms with Crippen LogP contribution in [0.3, 0.4) is 0 Å². The second-order valence-corrected chi connectivity index (χ2v) is 4.58. The summed E-state index contributed by atoms with van der Waals surface area (Å²) in [6.45, 7) is 5.01. The van der Waals surface area contributed by atoms with Crippen molar-refractivity contribution in [2.45, 2.75) is 26.2 Å². The number of ether oxygens (including phenoxy) is 1. The molecule has 0 fully saturated rings. The van der Waals surface area contributed by atoms with E-state index >= 15 is 0 Å². The van der Waals surface area contributed by atoms with Gasteiger partial charge in [-0.2, -0.15) is 0 Å². The summed E-state index contributed by atoms with van der Waals surface area (Å²) in [5.74, 6) is -0.415. The fourth-order valence-corrected chi connectivity index (χ4v) is 2.53. The van der Waals surface area contributed by atoms with Crippen molar-refractivity contribution in [2.75, 3.05) is 18.5 Å². The zero-order chi connectivity index (χ0) is 12.4. The number of esters is 1. The van der Waals surface area contributed by atoms with Gasteiger partial charge in [-0.05, 0) is 31.9 Å². The first kappa shape index (κ1) is 12.2. The lowest BCUT2D eigenvalue weighted by atomic mass is 9.89. The molecule has 17 heavy (non-hydrogen) atoms. The van der Waals surface area contributed by atoms with E-state index in [0.717, 1.165) is 29.8 Å². The molecule has 92 valence electrons. The number of hydrogen-bond donors (Lipinski definition) is 1. The quantitative estimate of drug-likeness (QED) is 0.823. The van der Waals surface area contributed by atoms with E-state index in [-0.39, 0.29) is 11.9 Å². The molecule has 3 nitrogen and oxygen atoms in total.